The van der Waals surface area contributed by atoms with Crippen molar-refractivity contribution in [2.24, 2.45) is 0 Å². The maximum absolute atomic E-state index is 12.1. The molecule has 15 heavy (non-hydrogen) atoms. The predicted molar refractivity (Wildman–Crippen MR) is 53.8 cm³/mol. The van der Waals surface area contributed by atoms with Gasteiger partial charge in [-0.1, -0.05) is 34.1 Å². The zero-order chi connectivity index (χ0) is 11.5. The highest BCUT2D eigenvalue weighted by molar-refractivity contribution is 9.10. The Morgan fingerprint density at radius 2 is 1.80 bits per heavy atom. The van der Waals surface area contributed by atoms with Crippen LogP contribution < -0.4 is 5.32 Å². The number of carbonyl (C=O) groups excluding carboxylic acids is 1. The number of nitrogens with one attached hydrogen (secondary N) is 1. The lowest BCUT2D eigenvalue weighted by molar-refractivity contribution is -0.145. The number of para-hydroxylation sites is 1. The lowest BCUT2D eigenvalue weighted by atomic mass is 10.3. The van der Waals surface area contributed by atoms with E-state index in [4.69, 9.17) is 0 Å². The molecule has 0 spiro atoms. The van der Waals surface area contributed by atoms with E-state index < -0.39 is 16.9 Å². The van der Waals surface area contributed by atoms with Gasteiger partial charge in [-0.2, -0.15) is 13.2 Å². The molecule has 6 heteroatoms. The predicted octanol–water partition coefficient (Wildman–Crippen LogP) is 2.95. The molecule has 0 bridgehead atoms. The van der Waals surface area contributed by atoms with Gasteiger partial charge in [-0.25, -0.2) is 0 Å². The smallest absolute Gasteiger partial charge is 0.325 e. The number of anilines is 1. The maximum atomic E-state index is 12.1. The van der Waals surface area contributed by atoms with Crippen LogP contribution in [-0.4, -0.2) is 16.9 Å². The van der Waals surface area contributed by atoms with Crippen molar-refractivity contribution in [3.63, 3.8) is 0 Å². The van der Waals surface area contributed by atoms with E-state index in [2.05, 4.69) is 21.2 Å². The first-order chi connectivity index (χ1) is 6.91. The number of carbonyl (C=O) groups is 1. The highest BCUT2D eigenvalue weighted by Crippen LogP contribution is 2.27. The van der Waals surface area contributed by atoms with Crippen molar-refractivity contribution in [2.75, 3.05) is 5.32 Å². The minimum atomic E-state index is -4.58. The number of hydrogen-bond acceptors (Lipinski definition) is 1. The Morgan fingerprint density at radius 1 is 1.27 bits per heavy atom. The molecule has 0 saturated carbocycles. The fourth-order valence-corrected chi connectivity index (χ4v) is 0.990. The fraction of sp³-hybridized carbons (Fsp3) is 0.222. The van der Waals surface area contributed by atoms with Crippen LogP contribution in [0.25, 0.3) is 0 Å². The summed E-state index contributed by atoms with van der Waals surface area (Å²) in [4.78, 5) is 8.89. The molecule has 82 valence electrons. The van der Waals surface area contributed by atoms with Gasteiger partial charge in [-0.05, 0) is 12.1 Å². The third-order valence-corrected chi connectivity index (χ3v) is 2.49. The Balaban J connectivity index is 2.65. The van der Waals surface area contributed by atoms with Crippen molar-refractivity contribution in [1.29, 1.82) is 0 Å². The summed E-state index contributed by atoms with van der Waals surface area (Å²) >= 11 is 2.28. The summed E-state index contributed by atoms with van der Waals surface area (Å²) in [6, 6.07) is 7.95. The second-order valence-corrected chi connectivity index (χ2v) is 3.68. The summed E-state index contributed by atoms with van der Waals surface area (Å²) in [5.74, 6) is -1.13. The molecule has 0 aliphatic rings. The molecule has 1 aromatic rings. The lowest BCUT2D eigenvalue weighted by Gasteiger charge is -2.13. The van der Waals surface area contributed by atoms with Crippen LogP contribution in [0.15, 0.2) is 30.3 Å². The molecule has 0 radical (unpaired) electrons. The van der Waals surface area contributed by atoms with E-state index >= 15 is 0 Å². The first-order valence-corrected chi connectivity index (χ1v) is 4.89. The molecule has 0 aliphatic heterocycles. The van der Waals surface area contributed by atoms with Crippen LogP contribution in [0.3, 0.4) is 0 Å². The van der Waals surface area contributed by atoms with Crippen LogP contribution in [-0.2, 0) is 4.79 Å². The third-order valence-electron chi connectivity index (χ3n) is 1.56. The molecule has 1 N–H and O–H groups in total. The van der Waals surface area contributed by atoms with Crippen molar-refractivity contribution < 1.29 is 18.0 Å². The number of hydrogen-bond donors (Lipinski definition) is 1. The normalized spacial score (nSPS) is 13.3. The second-order valence-electron chi connectivity index (χ2n) is 2.76. The van der Waals surface area contributed by atoms with Gasteiger partial charge in [0.15, 0.2) is 4.83 Å². The Bertz CT molecular complexity index is 339. The van der Waals surface area contributed by atoms with Gasteiger partial charge in [-0.15, -0.1) is 0 Å². The Hall–Kier alpha value is -1.04. The van der Waals surface area contributed by atoms with E-state index in [9.17, 15) is 18.0 Å². The molecule has 0 aliphatic carbocycles. The Labute approximate surface area is 92.6 Å². The summed E-state index contributed by atoms with van der Waals surface area (Å²) in [5, 5.41) is 2.14. The maximum Gasteiger partial charge on any atom is 0.410 e. The summed E-state index contributed by atoms with van der Waals surface area (Å²) < 4.78 is 36.3. The standard InChI is InChI=1S/C9H7BrF3NO/c10-7(9(11,12)13)8(15)14-6-4-2-1-3-5-6/h1-5,7H,(H,14,15). The zero-order valence-corrected chi connectivity index (χ0v) is 8.97. The van der Waals surface area contributed by atoms with E-state index in [0.29, 0.717) is 5.69 Å². The van der Waals surface area contributed by atoms with E-state index in [0.717, 1.165) is 0 Å². The molecular weight excluding hydrogens is 275 g/mol. The van der Waals surface area contributed by atoms with Crippen molar-refractivity contribution >= 4 is 27.5 Å². The van der Waals surface area contributed by atoms with Gasteiger partial charge in [0.05, 0.1) is 0 Å². The monoisotopic (exact) mass is 281 g/mol. The van der Waals surface area contributed by atoms with E-state index in [-0.39, 0.29) is 0 Å². The number of rotatable bonds is 2. The molecule has 1 amide bonds. The van der Waals surface area contributed by atoms with Gasteiger partial charge < -0.3 is 5.32 Å². The van der Waals surface area contributed by atoms with Crippen LogP contribution in [0.1, 0.15) is 0 Å². The molecular formula is C9H7BrF3NO. The van der Waals surface area contributed by atoms with Crippen LogP contribution in [0.4, 0.5) is 18.9 Å². The van der Waals surface area contributed by atoms with Gasteiger partial charge in [0.1, 0.15) is 0 Å². The van der Waals surface area contributed by atoms with Gasteiger partial charge >= 0.3 is 6.18 Å². The SMILES string of the molecule is O=C(Nc1ccccc1)C(Br)C(F)(F)F. The molecule has 0 aromatic heterocycles. The summed E-state index contributed by atoms with van der Waals surface area (Å²) in [5.41, 5.74) is 0.330. The number of alkyl halides is 4. The van der Waals surface area contributed by atoms with Crippen molar-refractivity contribution in [3.8, 4) is 0 Å². The zero-order valence-electron chi connectivity index (χ0n) is 7.38. The molecule has 1 rings (SSSR count). The van der Waals surface area contributed by atoms with Crippen LogP contribution >= 0.6 is 15.9 Å². The third kappa shape index (κ3) is 3.54. The van der Waals surface area contributed by atoms with Crippen molar-refractivity contribution in [2.45, 2.75) is 11.0 Å². The van der Waals surface area contributed by atoms with Gasteiger partial charge in [-0.3, -0.25) is 4.79 Å². The fourth-order valence-electron chi connectivity index (χ4n) is 0.876. The Morgan fingerprint density at radius 3 is 2.27 bits per heavy atom. The van der Waals surface area contributed by atoms with E-state index in [1.54, 1.807) is 18.2 Å². The highest BCUT2D eigenvalue weighted by Gasteiger charge is 2.42. The average Bonchev–Trinajstić information content (AvgIpc) is 2.16. The minimum absolute atomic E-state index is 0.330. The van der Waals surface area contributed by atoms with E-state index in [1.807, 2.05) is 0 Å². The van der Waals surface area contributed by atoms with Crippen LogP contribution in [0.5, 0.6) is 0 Å². The number of benzene rings is 1. The van der Waals surface area contributed by atoms with Crippen molar-refractivity contribution in [1.82, 2.24) is 0 Å². The quantitative estimate of drug-likeness (QED) is 0.830. The topological polar surface area (TPSA) is 29.1 Å². The molecule has 2 nitrogen and oxygen atoms in total. The molecule has 0 saturated heterocycles. The summed E-state index contributed by atoms with van der Waals surface area (Å²) in [6.07, 6.45) is -4.58. The molecule has 0 heterocycles. The Kier molecular flexibility index (Phi) is 3.73. The van der Waals surface area contributed by atoms with Crippen molar-refractivity contribution in [3.05, 3.63) is 30.3 Å². The molecule has 1 aromatic carbocycles. The number of halogens is 4. The average molecular weight is 282 g/mol. The molecule has 0 fully saturated rings. The highest BCUT2D eigenvalue weighted by atomic mass is 79.9. The lowest BCUT2D eigenvalue weighted by Crippen LogP contribution is -2.35. The summed E-state index contributed by atoms with van der Waals surface area (Å²) in [7, 11) is 0. The molecule has 1 atom stereocenters. The van der Waals surface area contributed by atoms with Crippen LogP contribution in [0, 0.1) is 0 Å². The van der Waals surface area contributed by atoms with Crippen LogP contribution in [0.2, 0.25) is 0 Å². The first kappa shape index (κ1) is 12.0. The summed E-state index contributed by atoms with van der Waals surface area (Å²) in [6.45, 7) is 0. The molecule has 1 unspecified atom stereocenters. The van der Waals surface area contributed by atoms with E-state index in [1.165, 1.54) is 12.1 Å². The van der Waals surface area contributed by atoms with Gasteiger partial charge in [0.25, 0.3) is 0 Å². The minimum Gasteiger partial charge on any atom is -0.325 e. The first-order valence-electron chi connectivity index (χ1n) is 3.98. The second kappa shape index (κ2) is 4.65. The van der Waals surface area contributed by atoms with Gasteiger partial charge in [0, 0.05) is 5.69 Å². The number of amides is 1. The van der Waals surface area contributed by atoms with Gasteiger partial charge in [0.2, 0.25) is 5.91 Å². The largest absolute Gasteiger partial charge is 0.410 e.